The van der Waals surface area contributed by atoms with Crippen LogP contribution in [0.5, 0.6) is 0 Å². The summed E-state index contributed by atoms with van der Waals surface area (Å²) in [5.41, 5.74) is 5.73. The SMILES string of the molecule is CC(N)C(C)C(=O)N1CCN(CCO)CC1. The average Bonchev–Trinajstić information content (AvgIpc) is 2.28. The number of rotatable bonds is 4. The summed E-state index contributed by atoms with van der Waals surface area (Å²) in [6, 6.07) is -0.0945. The zero-order valence-corrected chi connectivity index (χ0v) is 10.2. The van der Waals surface area contributed by atoms with Crippen molar-refractivity contribution in [1.82, 2.24) is 9.80 Å². The Morgan fingerprint density at radius 3 is 2.31 bits per heavy atom. The lowest BCUT2D eigenvalue weighted by Crippen LogP contribution is -2.52. The first kappa shape index (κ1) is 13.4. The Labute approximate surface area is 97.2 Å². The van der Waals surface area contributed by atoms with Crippen molar-refractivity contribution in [2.75, 3.05) is 39.3 Å². The Hall–Kier alpha value is -0.650. The molecule has 0 bridgehead atoms. The number of piperazine rings is 1. The summed E-state index contributed by atoms with van der Waals surface area (Å²) >= 11 is 0. The van der Waals surface area contributed by atoms with E-state index in [0.29, 0.717) is 6.54 Å². The lowest BCUT2D eigenvalue weighted by Gasteiger charge is -2.36. The summed E-state index contributed by atoms with van der Waals surface area (Å²) in [6.07, 6.45) is 0. The minimum Gasteiger partial charge on any atom is -0.395 e. The summed E-state index contributed by atoms with van der Waals surface area (Å²) in [4.78, 5) is 16.0. The van der Waals surface area contributed by atoms with E-state index in [2.05, 4.69) is 4.90 Å². The molecule has 0 aliphatic carbocycles. The van der Waals surface area contributed by atoms with Crippen molar-refractivity contribution < 1.29 is 9.90 Å². The van der Waals surface area contributed by atoms with Gasteiger partial charge < -0.3 is 15.7 Å². The van der Waals surface area contributed by atoms with Crippen LogP contribution >= 0.6 is 0 Å². The summed E-state index contributed by atoms with van der Waals surface area (Å²) in [6.45, 7) is 7.81. The molecule has 3 N–H and O–H groups in total. The van der Waals surface area contributed by atoms with Crippen molar-refractivity contribution in [2.45, 2.75) is 19.9 Å². The monoisotopic (exact) mass is 229 g/mol. The molecule has 0 radical (unpaired) electrons. The largest absolute Gasteiger partial charge is 0.395 e. The van der Waals surface area contributed by atoms with Crippen molar-refractivity contribution in [3.05, 3.63) is 0 Å². The number of carbonyl (C=O) groups is 1. The zero-order chi connectivity index (χ0) is 12.1. The lowest BCUT2D eigenvalue weighted by atomic mass is 10.0. The third kappa shape index (κ3) is 3.43. The number of nitrogens with zero attached hydrogens (tertiary/aromatic N) is 2. The van der Waals surface area contributed by atoms with E-state index in [1.54, 1.807) is 0 Å². The van der Waals surface area contributed by atoms with E-state index in [0.717, 1.165) is 26.2 Å². The van der Waals surface area contributed by atoms with Gasteiger partial charge in [0, 0.05) is 38.8 Å². The molecule has 1 fully saturated rings. The first-order chi connectivity index (χ1) is 7.56. The van der Waals surface area contributed by atoms with Crippen molar-refractivity contribution in [2.24, 2.45) is 11.7 Å². The maximum absolute atomic E-state index is 12.0. The number of carbonyl (C=O) groups excluding carboxylic acids is 1. The van der Waals surface area contributed by atoms with Crippen LogP contribution in [0.4, 0.5) is 0 Å². The Bertz CT molecular complexity index is 225. The van der Waals surface area contributed by atoms with Crippen molar-refractivity contribution in [3.63, 3.8) is 0 Å². The average molecular weight is 229 g/mol. The van der Waals surface area contributed by atoms with Gasteiger partial charge in [0.15, 0.2) is 0 Å². The van der Waals surface area contributed by atoms with E-state index in [1.165, 1.54) is 0 Å². The van der Waals surface area contributed by atoms with Gasteiger partial charge in [0.1, 0.15) is 0 Å². The number of β-amino-alcohol motifs (C(OH)–C–C–N with tert-alkyl or cyclic N) is 1. The zero-order valence-electron chi connectivity index (χ0n) is 10.2. The molecule has 1 amide bonds. The molecule has 0 aromatic heterocycles. The second-order valence-electron chi connectivity index (χ2n) is 4.54. The molecule has 0 spiro atoms. The Morgan fingerprint density at radius 1 is 1.31 bits per heavy atom. The van der Waals surface area contributed by atoms with Gasteiger partial charge in [-0.25, -0.2) is 0 Å². The van der Waals surface area contributed by atoms with E-state index < -0.39 is 0 Å². The summed E-state index contributed by atoms with van der Waals surface area (Å²) in [5, 5.41) is 8.82. The van der Waals surface area contributed by atoms with Crippen LogP contribution in [0.3, 0.4) is 0 Å². The molecule has 2 atom stereocenters. The van der Waals surface area contributed by atoms with E-state index in [-0.39, 0.29) is 24.5 Å². The van der Waals surface area contributed by atoms with Crippen LogP contribution in [0.25, 0.3) is 0 Å². The molecular formula is C11H23N3O2. The van der Waals surface area contributed by atoms with Crippen molar-refractivity contribution in [3.8, 4) is 0 Å². The second-order valence-corrected chi connectivity index (χ2v) is 4.54. The van der Waals surface area contributed by atoms with Gasteiger partial charge >= 0.3 is 0 Å². The molecule has 1 heterocycles. The van der Waals surface area contributed by atoms with Crippen LogP contribution in [0.2, 0.25) is 0 Å². The first-order valence-electron chi connectivity index (χ1n) is 5.94. The molecule has 16 heavy (non-hydrogen) atoms. The molecule has 0 aromatic rings. The summed E-state index contributed by atoms with van der Waals surface area (Å²) < 4.78 is 0. The van der Waals surface area contributed by atoms with Gasteiger partial charge in [-0.1, -0.05) is 6.92 Å². The smallest absolute Gasteiger partial charge is 0.227 e. The summed E-state index contributed by atoms with van der Waals surface area (Å²) in [5.74, 6) is 0.0445. The van der Waals surface area contributed by atoms with Crippen LogP contribution < -0.4 is 5.73 Å². The fourth-order valence-corrected chi connectivity index (χ4v) is 1.85. The van der Waals surface area contributed by atoms with E-state index in [1.807, 2.05) is 18.7 Å². The number of aliphatic hydroxyl groups is 1. The normalized spacial score (nSPS) is 21.9. The Balaban J connectivity index is 2.38. The maximum atomic E-state index is 12.0. The molecule has 0 saturated carbocycles. The number of nitrogens with two attached hydrogens (primary N) is 1. The Morgan fingerprint density at radius 2 is 1.88 bits per heavy atom. The highest BCUT2D eigenvalue weighted by molar-refractivity contribution is 5.79. The predicted molar refractivity (Wildman–Crippen MR) is 62.9 cm³/mol. The van der Waals surface area contributed by atoms with Crippen LogP contribution in [0, 0.1) is 5.92 Å². The Kier molecular flexibility index (Phi) is 5.18. The van der Waals surface area contributed by atoms with Gasteiger partial charge in [0.25, 0.3) is 0 Å². The molecular weight excluding hydrogens is 206 g/mol. The molecule has 0 aromatic carbocycles. The molecule has 5 heteroatoms. The number of amides is 1. The minimum absolute atomic E-state index is 0.0945. The van der Waals surface area contributed by atoms with Crippen molar-refractivity contribution >= 4 is 5.91 Å². The highest BCUT2D eigenvalue weighted by Crippen LogP contribution is 2.09. The van der Waals surface area contributed by atoms with Gasteiger partial charge in [-0.05, 0) is 6.92 Å². The third-order valence-corrected chi connectivity index (χ3v) is 3.28. The molecule has 1 aliphatic heterocycles. The molecule has 1 saturated heterocycles. The van der Waals surface area contributed by atoms with E-state index in [4.69, 9.17) is 10.8 Å². The van der Waals surface area contributed by atoms with Gasteiger partial charge in [-0.2, -0.15) is 0 Å². The van der Waals surface area contributed by atoms with Gasteiger partial charge in [0.2, 0.25) is 5.91 Å². The van der Waals surface area contributed by atoms with Crippen molar-refractivity contribution in [1.29, 1.82) is 0 Å². The quantitative estimate of drug-likeness (QED) is 0.656. The summed E-state index contributed by atoms with van der Waals surface area (Å²) in [7, 11) is 0. The predicted octanol–water partition coefficient (Wildman–Crippen LogP) is -0.894. The molecule has 5 nitrogen and oxygen atoms in total. The van der Waals surface area contributed by atoms with Crippen LogP contribution in [-0.2, 0) is 4.79 Å². The fraction of sp³-hybridized carbons (Fsp3) is 0.909. The van der Waals surface area contributed by atoms with Gasteiger partial charge in [0.05, 0.1) is 12.5 Å². The van der Waals surface area contributed by atoms with Crippen LogP contribution in [-0.4, -0.2) is 66.2 Å². The topological polar surface area (TPSA) is 69.8 Å². The highest BCUT2D eigenvalue weighted by atomic mass is 16.3. The van der Waals surface area contributed by atoms with E-state index in [9.17, 15) is 4.79 Å². The lowest BCUT2D eigenvalue weighted by molar-refractivity contribution is -0.137. The third-order valence-electron chi connectivity index (χ3n) is 3.28. The van der Waals surface area contributed by atoms with E-state index >= 15 is 0 Å². The molecule has 1 rings (SSSR count). The second kappa shape index (κ2) is 6.18. The van der Waals surface area contributed by atoms with Crippen LogP contribution in [0.1, 0.15) is 13.8 Å². The number of hydrogen-bond donors (Lipinski definition) is 2. The molecule has 2 unspecified atom stereocenters. The molecule has 1 aliphatic rings. The van der Waals surface area contributed by atoms with Gasteiger partial charge in [-0.3, -0.25) is 9.69 Å². The van der Waals surface area contributed by atoms with Crippen LogP contribution in [0.15, 0.2) is 0 Å². The number of hydrogen-bond acceptors (Lipinski definition) is 4. The fourth-order valence-electron chi connectivity index (χ4n) is 1.85. The first-order valence-corrected chi connectivity index (χ1v) is 5.94. The standard InChI is InChI=1S/C11H23N3O2/c1-9(10(2)12)11(16)14-5-3-13(4-6-14)7-8-15/h9-10,15H,3-8,12H2,1-2H3. The van der Waals surface area contributed by atoms with Gasteiger partial charge in [-0.15, -0.1) is 0 Å². The highest BCUT2D eigenvalue weighted by Gasteiger charge is 2.26. The maximum Gasteiger partial charge on any atom is 0.227 e. The number of aliphatic hydroxyl groups excluding tert-OH is 1. The minimum atomic E-state index is -0.107. The molecule has 94 valence electrons.